The molecule has 0 unspecified atom stereocenters. The highest BCUT2D eigenvalue weighted by atomic mass is 19.1. The van der Waals surface area contributed by atoms with Crippen LogP contribution in [-0.2, 0) is 4.79 Å². The van der Waals surface area contributed by atoms with Crippen LogP contribution >= 0.6 is 0 Å². The van der Waals surface area contributed by atoms with Gasteiger partial charge in [0.25, 0.3) is 5.91 Å². The van der Waals surface area contributed by atoms with E-state index in [1.165, 1.54) is 6.07 Å². The van der Waals surface area contributed by atoms with Crippen molar-refractivity contribution in [3.63, 3.8) is 0 Å². The molecule has 4 heteroatoms. The molecule has 0 aliphatic carbocycles. The minimum Gasteiger partial charge on any atom is -0.361 e. The van der Waals surface area contributed by atoms with Crippen molar-refractivity contribution in [2.24, 2.45) is 0 Å². The van der Waals surface area contributed by atoms with Gasteiger partial charge in [-0.1, -0.05) is 24.3 Å². The highest BCUT2D eigenvalue weighted by molar-refractivity contribution is 6.31. The topological polar surface area (TPSA) is 41.1 Å². The number of nitrogens with one attached hydrogen (secondary N) is 2. The van der Waals surface area contributed by atoms with Crippen LogP contribution in [0.4, 0.5) is 15.8 Å². The molecule has 1 aliphatic heterocycles. The summed E-state index contributed by atoms with van der Waals surface area (Å²) in [5.41, 5.74) is 3.36. The summed E-state index contributed by atoms with van der Waals surface area (Å²) in [5, 5.41) is 5.79. The quantitative estimate of drug-likeness (QED) is 0.818. The van der Waals surface area contributed by atoms with Gasteiger partial charge in [-0.15, -0.1) is 0 Å². The number of halogens is 1. The second-order valence-corrected chi connectivity index (χ2v) is 4.61. The van der Waals surface area contributed by atoms with E-state index in [2.05, 4.69) is 10.6 Å². The SMILES string of the molecule is Cc1c(F)cccc1N/C=C1/C(=O)Nc2ccccc21. The maximum absolute atomic E-state index is 13.5. The van der Waals surface area contributed by atoms with Crippen LogP contribution in [0.5, 0.6) is 0 Å². The maximum atomic E-state index is 13.5. The summed E-state index contributed by atoms with van der Waals surface area (Å²) in [6, 6.07) is 12.3. The zero-order valence-electron chi connectivity index (χ0n) is 10.9. The van der Waals surface area contributed by atoms with Crippen molar-refractivity contribution in [3.8, 4) is 0 Å². The third-order valence-corrected chi connectivity index (χ3v) is 3.35. The normalized spacial score (nSPS) is 15.1. The van der Waals surface area contributed by atoms with Crippen LogP contribution < -0.4 is 10.6 Å². The maximum Gasteiger partial charge on any atom is 0.257 e. The Bertz CT molecular complexity index is 722. The van der Waals surface area contributed by atoms with Gasteiger partial charge in [0.1, 0.15) is 5.82 Å². The molecule has 2 aromatic carbocycles. The molecule has 0 bridgehead atoms. The van der Waals surface area contributed by atoms with E-state index in [4.69, 9.17) is 0 Å². The summed E-state index contributed by atoms with van der Waals surface area (Å²) in [4.78, 5) is 11.9. The van der Waals surface area contributed by atoms with Crippen molar-refractivity contribution in [2.45, 2.75) is 6.92 Å². The third-order valence-electron chi connectivity index (χ3n) is 3.35. The minimum absolute atomic E-state index is 0.159. The average molecular weight is 268 g/mol. The Morgan fingerprint density at radius 2 is 1.95 bits per heavy atom. The van der Waals surface area contributed by atoms with Gasteiger partial charge in [0.2, 0.25) is 0 Å². The highest BCUT2D eigenvalue weighted by Gasteiger charge is 2.23. The Labute approximate surface area is 116 Å². The second kappa shape index (κ2) is 4.81. The number of carbonyl (C=O) groups is 1. The molecule has 20 heavy (non-hydrogen) atoms. The molecular weight excluding hydrogens is 255 g/mol. The second-order valence-electron chi connectivity index (χ2n) is 4.61. The summed E-state index contributed by atoms with van der Waals surface area (Å²) in [6.07, 6.45) is 1.61. The summed E-state index contributed by atoms with van der Waals surface area (Å²) in [7, 11) is 0. The Balaban J connectivity index is 1.94. The Morgan fingerprint density at radius 1 is 1.15 bits per heavy atom. The van der Waals surface area contributed by atoms with Gasteiger partial charge in [-0.3, -0.25) is 4.79 Å². The molecule has 0 spiro atoms. The zero-order chi connectivity index (χ0) is 14.1. The van der Waals surface area contributed by atoms with Crippen LogP contribution in [0.25, 0.3) is 5.57 Å². The fraction of sp³-hybridized carbons (Fsp3) is 0.0625. The van der Waals surface area contributed by atoms with Gasteiger partial charge in [-0.2, -0.15) is 0 Å². The molecule has 1 amide bonds. The average Bonchev–Trinajstić information content (AvgIpc) is 2.76. The number of hydrogen-bond donors (Lipinski definition) is 2. The molecule has 1 aliphatic rings. The van der Waals surface area contributed by atoms with Crippen molar-refractivity contribution in [1.29, 1.82) is 0 Å². The molecule has 0 radical (unpaired) electrons. The first-order valence-corrected chi connectivity index (χ1v) is 6.29. The van der Waals surface area contributed by atoms with E-state index >= 15 is 0 Å². The van der Waals surface area contributed by atoms with E-state index in [9.17, 15) is 9.18 Å². The van der Waals surface area contributed by atoms with E-state index < -0.39 is 0 Å². The van der Waals surface area contributed by atoms with Crippen LogP contribution in [0.1, 0.15) is 11.1 Å². The molecule has 3 nitrogen and oxygen atoms in total. The lowest BCUT2D eigenvalue weighted by molar-refractivity contribution is -0.110. The molecule has 0 atom stereocenters. The number of para-hydroxylation sites is 1. The van der Waals surface area contributed by atoms with Crippen molar-refractivity contribution in [2.75, 3.05) is 10.6 Å². The van der Waals surface area contributed by atoms with Gasteiger partial charge in [0, 0.05) is 28.7 Å². The van der Waals surface area contributed by atoms with Crippen LogP contribution in [0, 0.1) is 12.7 Å². The van der Waals surface area contributed by atoms with E-state index in [1.807, 2.05) is 24.3 Å². The van der Waals surface area contributed by atoms with Gasteiger partial charge < -0.3 is 10.6 Å². The van der Waals surface area contributed by atoms with Gasteiger partial charge >= 0.3 is 0 Å². The number of rotatable bonds is 2. The van der Waals surface area contributed by atoms with Gasteiger partial charge in [0.05, 0.1) is 5.57 Å². The number of anilines is 2. The predicted octanol–water partition coefficient (Wildman–Crippen LogP) is 3.54. The van der Waals surface area contributed by atoms with Crippen molar-refractivity contribution in [3.05, 3.63) is 65.6 Å². The first-order valence-electron chi connectivity index (χ1n) is 6.29. The van der Waals surface area contributed by atoms with Crippen molar-refractivity contribution in [1.82, 2.24) is 0 Å². The predicted molar refractivity (Wildman–Crippen MR) is 77.8 cm³/mol. The molecule has 1 heterocycles. The fourth-order valence-electron chi connectivity index (χ4n) is 2.20. The lowest BCUT2D eigenvalue weighted by atomic mass is 10.1. The number of fused-ring (bicyclic) bond motifs is 1. The fourth-order valence-corrected chi connectivity index (χ4v) is 2.20. The molecular formula is C16H13FN2O. The Hall–Kier alpha value is -2.62. The summed E-state index contributed by atoms with van der Waals surface area (Å²) in [5.74, 6) is -0.433. The van der Waals surface area contributed by atoms with Gasteiger partial charge in [0.15, 0.2) is 0 Å². The molecule has 3 rings (SSSR count). The van der Waals surface area contributed by atoms with Crippen LogP contribution in [0.15, 0.2) is 48.7 Å². The largest absolute Gasteiger partial charge is 0.361 e. The lowest BCUT2D eigenvalue weighted by Crippen LogP contribution is -2.05. The van der Waals surface area contributed by atoms with Crippen LogP contribution in [0.2, 0.25) is 0 Å². The summed E-state index contributed by atoms with van der Waals surface area (Å²) < 4.78 is 13.5. The molecule has 2 aromatic rings. The Kier molecular flexibility index (Phi) is 2.99. The van der Waals surface area contributed by atoms with E-state index in [0.29, 0.717) is 16.8 Å². The highest BCUT2D eigenvalue weighted by Crippen LogP contribution is 2.31. The van der Waals surface area contributed by atoms with Crippen molar-refractivity contribution >= 4 is 22.9 Å². The lowest BCUT2D eigenvalue weighted by Gasteiger charge is -2.06. The number of hydrogen-bond acceptors (Lipinski definition) is 2. The molecule has 0 aromatic heterocycles. The molecule has 0 fully saturated rings. The Morgan fingerprint density at radius 3 is 2.80 bits per heavy atom. The molecule has 0 saturated carbocycles. The first kappa shape index (κ1) is 12.4. The number of carbonyl (C=O) groups excluding carboxylic acids is 1. The molecule has 2 N–H and O–H groups in total. The van der Waals surface area contributed by atoms with E-state index in [0.717, 1.165) is 11.3 Å². The van der Waals surface area contributed by atoms with Gasteiger partial charge in [-0.05, 0) is 25.1 Å². The number of benzene rings is 2. The number of amides is 1. The van der Waals surface area contributed by atoms with Crippen molar-refractivity contribution < 1.29 is 9.18 Å². The zero-order valence-corrected chi connectivity index (χ0v) is 10.9. The minimum atomic E-state index is -0.273. The molecule has 0 saturated heterocycles. The third kappa shape index (κ3) is 2.05. The molecule has 100 valence electrons. The summed E-state index contributed by atoms with van der Waals surface area (Å²) >= 11 is 0. The van der Waals surface area contributed by atoms with Crippen LogP contribution in [-0.4, -0.2) is 5.91 Å². The monoisotopic (exact) mass is 268 g/mol. The van der Waals surface area contributed by atoms with E-state index in [-0.39, 0.29) is 11.7 Å². The first-order chi connectivity index (χ1) is 9.66. The van der Waals surface area contributed by atoms with Gasteiger partial charge in [-0.25, -0.2) is 4.39 Å². The van der Waals surface area contributed by atoms with Crippen LogP contribution in [0.3, 0.4) is 0 Å². The van der Waals surface area contributed by atoms with E-state index in [1.54, 1.807) is 25.3 Å². The summed E-state index contributed by atoms with van der Waals surface area (Å²) in [6.45, 7) is 1.69. The smallest absolute Gasteiger partial charge is 0.257 e. The standard InChI is InChI=1S/C16H13FN2O/c1-10-13(17)6-4-8-14(10)18-9-12-11-5-2-3-7-15(11)19-16(12)20/h2-9,18H,1H3,(H,19,20)/b12-9+.